The van der Waals surface area contributed by atoms with Gasteiger partial charge in [0.1, 0.15) is 5.75 Å². The Kier molecular flexibility index (Phi) is 4.88. The maximum atomic E-state index is 9.45. The van der Waals surface area contributed by atoms with Crippen LogP contribution >= 0.6 is 11.6 Å². The third kappa shape index (κ3) is 3.24. The second kappa shape index (κ2) is 6.64. The van der Waals surface area contributed by atoms with Gasteiger partial charge in [-0.3, -0.25) is 0 Å². The van der Waals surface area contributed by atoms with E-state index >= 15 is 0 Å². The smallest absolute Gasteiger partial charge is 0.118 e. The van der Waals surface area contributed by atoms with Crippen molar-refractivity contribution < 1.29 is 9.84 Å². The number of nitrogens with zero attached hydrogens (tertiary/aromatic N) is 1. The summed E-state index contributed by atoms with van der Waals surface area (Å²) in [5, 5.41) is 10.0. The van der Waals surface area contributed by atoms with Crippen molar-refractivity contribution in [3.05, 3.63) is 58.6 Å². The Balaban J connectivity index is 2.19. The van der Waals surface area contributed by atoms with Crippen LogP contribution in [0, 0.1) is 0 Å². The Morgan fingerprint density at radius 2 is 1.85 bits per heavy atom. The van der Waals surface area contributed by atoms with E-state index in [0.717, 1.165) is 29.1 Å². The van der Waals surface area contributed by atoms with Crippen molar-refractivity contribution in [3.8, 4) is 5.75 Å². The van der Waals surface area contributed by atoms with Crippen molar-refractivity contribution in [3.63, 3.8) is 0 Å². The van der Waals surface area contributed by atoms with Crippen LogP contribution in [0.2, 0.25) is 5.02 Å². The fourth-order valence-corrected chi connectivity index (χ4v) is 2.38. The summed E-state index contributed by atoms with van der Waals surface area (Å²) in [6.45, 7) is 0.666. The molecule has 0 heterocycles. The molecule has 0 aliphatic heterocycles. The van der Waals surface area contributed by atoms with Crippen molar-refractivity contribution in [1.29, 1.82) is 0 Å². The number of benzene rings is 2. The van der Waals surface area contributed by atoms with Gasteiger partial charge in [0.05, 0.1) is 13.7 Å². The largest absolute Gasteiger partial charge is 0.497 e. The molecule has 0 radical (unpaired) electrons. The van der Waals surface area contributed by atoms with Gasteiger partial charge in [0.15, 0.2) is 0 Å². The zero-order valence-corrected chi connectivity index (χ0v) is 12.4. The molecule has 2 aromatic carbocycles. The summed E-state index contributed by atoms with van der Waals surface area (Å²) >= 11 is 6.11. The molecule has 0 aliphatic carbocycles. The van der Waals surface area contributed by atoms with E-state index < -0.39 is 0 Å². The molecule has 0 saturated heterocycles. The summed E-state index contributed by atoms with van der Waals surface area (Å²) < 4.78 is 5.15. The van der Waals surface area contributed by atoms with Gasteiger partial charge in [-0.1, -0.05) is 29.8 Å². The maximum Gasteiger partial charge on any atom is 0.118 e. The number of ether oxygens (including phenoxy) is 1. The van der Waals surface area contributed by atoms with E-state index in [1.807, 2.05) is 43.4 Å². The van der Waals surface area contributed by atoms with Crippen LogP contribution in [-0.4, -0.2) is 19.3 Å². The van der Waals surface area contributed by atoms with E-state index in [1.54, 1.807) is 13.2 Å². The maximum absolute atomic E-state index is 9.45. The summed E-state index contributed by atoms with van der Waals surface area (Å²) in [5.41, 5.74) is 2.86. The Morgan fingerprint density at radius 3 is 2.45 bits per heavy atom. The van der Waals surface area contributed by atoms with Gasteiger partial charge in [-0.25, -0.2) is 0 Å². The highest BCUT2D eigenvalue weighted by Crippen LogP contribution is 2.28. The van der Waals surface area contributed by atoms with E-state index in [2.05, 4.69) is 4.90 Å². The second-order valence-electron chi connectivity index (χ2n) is 4.60. The van der Waals surface area contributed by atoms with Gasteiger partial charge in [-0.2, -0.15) is 0 Å². The topological polar surface area (TPSA) is 32.7 Å². The number of hydrogen-bond donors (Lipinski definition) is 1. The van der Waals surface area contributed by atoms with E-state index in [4.69, 9.17) is 16.3 Å². The van der Waals surface area contributed by atoms with E-state index in [-0.39, 0.29) is 6.61 Å². The molecule has 20 heavy (non-hydrogen) atoms. The molecule has 0 spiro atoms. The van der Waals surface area contributed by atoms with E-state index in [9.17, 15) is 5.11 Å². The molecule has 0 bridgehead atoms. The molecule has 0 saturated carbocycles. The van der Waals surface area contributed by atoms with Gasteiger partial charge in [-0.15, -0.1) is 0 Å². The Bertz CT molecular complexity index is 569. The molecule has 0 unspecified atom stereocenters. The average Bonchev–Trinajstić information content (AvgIpc) is 2.47. The minimum absolute atomic E-state index is 0.0675. The summed E-state index contributed by atoms with van der Waals surface area (Å²) in [7, 11) is 3.63. The molecule has 4 heteroatoms. The van der Waals surface area contributed by atoms with E-state index in [1.165, 1.54) is 0 Å². The number of methoxy groups -OCH3 is 1. The second-order valence-corrected chi connectivity index (χ2v) is 5.01. The number of aliphatic hydroxyl groups is 1. The van der Waals surface area contributed by atoms with Crippen LogP contribution in [0.25, 0.3) is 0 Å². The fraction of sp³-hybridized carbons (Fsp3) is 0.250. The third-order valence-corrected chi connectivity index (χ3v) is 3.60. The monoisotopic (exact) mass is 291 g/mol. The van der Waals surface area contributed by atoms with Crippen LogP contribution in [0.5, 0.6) is 5.75 Å². The lowest BCUT2D eigenvalue weighted by atomic mass is 10.1. The minimum atomic E-state index is -0.0675. The Morgan fingerprint density at radius 1 is 1.15 bits per heavy atom. The molecule has 2 rings (SSSR count). The molecule has 0 aliphatic rings. The minimum Gasteiger partial charge on any atom is -0.497 e. The van der Waals surface area contributed by atoms with Crippen molar-refractivity contribution >= 4 is 17.3 Å². The number of rotatable bonds is 5. The molecule has 3 nitrogen and oxygen atoms in total. The fourth-order valence-electron chi connectivity index (χ4n) is 2.15. The molecule has 106 valence electrons. The first-order valence-electron chi connectivity index (χ1n) is 6.38. The lowest BCUT2D eigenvalue weighted by Crippen LogP contribution is -2.18. The summed E-state index contributed by atoms with van der Waals surface area (Å²) in [6.07, 6.45) is 0. The molecule has 2 aromatic rings. The van der Waals surface area contributed by atoms with Crippen LogP contribution in [0.15, 0.2) is 42.5 Å². The summed E-state index contributed by atoms with van der Waals surface area (Å²) in [6, 6.07) is 13.6. The van der Waals surface area contributed by atoms with Crippen molar-refractivity contribution in [1.82, 2.24) is 0 Å². The van der Waals surface area contributed by atoms with Crippen molar-refractivity contribution in [2.45, 2.75) is 13.2 Å². The third-order valence-electron chi connectivity index (χ3n) is 3.24. The summed E-state index contributed by atoms with van der Waals surface area (Å²) in [5.74, 6) is 0.843. The van der Waals surface area contributed by atoms with Crippen LogP contribution in [0.1, 0.15) is 11.1 Å². The van der Waals surface area contributed by atoms with Crippen LogP contribution < -0.4 is 9.64 Å². The highest BCUT2D eigenvalue weighted by Gasteiger charge is 2.10. The van der Waals surface area contributed by atoms with Gasteiger partial charge in [0.25, 0.3) is 0 Å². The quantitative estimate of drug-likeness (QED) is 0.915. The standard InChI is InChI=1S/C16H18ClNO2/c1-18(10-12-6-8-13(20-2)9-7-12)16-5-3-4-15(17)14(16)11-19/h3-9,19H,10-11H2,1-2H3. The number of anilines is 1. The van der Waals surface area contributed by atoms with Crippen LogP contribution in [-0.2, 0) is 13.2 Å². The first-order valence-corrected chi connectivity index (χ1v) is 6.76. The van der Waals surface area contributed by atoms with E-state index in [0.29, 0.717) is 5.02 Å². The number of halogens is 1. The predicted molar refractivity (Wildman–Crippen MR) is 82.5 cm³/mol. The molecule has 0 fully saturated rings. The summed E-state index contributed by atoms with van der Waals surface area (Å²) in [4.78, 5) is 2.07. The zero-order chi connectivity index (χ0) is 14.5. The molecular formula is C16H18ClNO2. The highest BCUT2D eigenvalue weighted by molar-refractivity contribution is 6.31. The Hall–Kier alpha value is -1.71. The Labute approximate surface area is 124 Å². The lowest BCUT2D eigenvalue weighted by Gasteiger charge is -2.22. The van der Waals surface area contributed by atoms with Crippen LogP contribution in [0.4, 0.5) is 5.69 Å². The van der Waals surface area contributed by atoms with Crippen LogP contribution in [0.3, 0.4) is 0 Å². The normalized spacial score (nSPS) is 10.4. The van der Waals surface area contributed by atoms with Gasteiger partial charge < -0.3 is 14.7 Å². The average molecular weight is 292 g/mol. The van der Waals surface area contributed by atoms with Crippen molar-refractivity contribution in [2.75, 3.05) is 19.1 Å². The first-order chi connectivity index (χ1) is 9.65. The van der Waals surface area contributed by atoms with Crippen molar-refractivity contribution in [2.24, 2.45) is 0 Å². The zero-order valence-electron chi connectivity index (χ0n) is 11.6. The van der Waals surface area contributed by atoms with Gasteiger partial charge >= 0.3 is 0 Å². The molecule has 0 atom stereocenters. The lowest BCUT2D eigenvalue weighted by molar-refractivity contribution is 0.282. The van der Waals surface area contributed by atoms with Gasteiger partial charge in [0, 0.05) is 29.9 Å². The first kappa shape index (κ1) is 14.7. The highest BCUT2D eigenvalue weighted by atomic mass is 35.5. The number of hydrogen-bond acceptors (Lipinski definition) is 3. The predicted octanol–water partition coefficient (Wildman–Crippen LogP) is 3.48. The molecule has 0 aromatic heterocycles. The number of aliphatic hydroxyl groups excluding tert-OH is 1. The van der Waals surface area contributed by atoms with Gasteiger partial charge in [0.2, 0.25) is 0 Å². The molecular weight excluding hydrogens is 274 g/mol. The molecule has 1 N–H and O–H groups in total. The molecule has 0 amide bonds. The SMILES string of the molecule is COc1ccc(CN(C)c2cccc(Cl)c2CO)cc1. The van der Waals surface area contributed by atoms with Gasteiger partial charge in [-0.05, 0) is 29.8 Å².